The zero-order chi connectivity index (χ0) is 18.8. The molecule has 1 N–H and O–H groups in total. The van der Waals surface area contributed by atoms with Gasteiger partial charge in [-0.05, 0) is 24.4 Å². The third-order valence-electron chi connectivity index (χ3n) is 4.58. The zero-order valence-corrected chi connectivity index (χ0v) is 15.4. The number of carbonyl (C=O) groups is 1. The van der Waals surface area contributed by atoms with Crippen molar-refractivity contribution in [2.75, 3.05) is 31.6 Å². The molecule has 27 heavy (non-hydrogen) atoms. The largest absolute Gasteiger partial charge is 0.376 e. The number of anilines is 1. The average Bonchev–Trinajstić information content (AvgIpc) is 3.07. The minimum absolute atomic E-state index is 0.0685. The molecule has 0 saturated carbocycles. The van der Waals surface area contributed by atoms with E-state index in [1.54, 1.807) is 10.9 Å². The van der Waals surface area contributed by atoms with Crippen LogP contribution in [-0.2, 0) is 16.6 Å². The smallest absolute Gasteiger partial charge is 0.239 e. The monoisotopic (exact) mass is 366 g/mol. The molecule has 4 rings (SSSR count). The molecule has 2 aromatic heterocycles. The summed E-state index contributed by atoms with van der Waals surface area (Å²) in [5, 5.41) is 13.0. The lowest BCUT2D eigenvalue weighted by Crippen LogP contribution is -2.44. The number of amides is 1. The Hall–Kier alpha value is -2.84. The highest BCUT2D eigenvalue weighted by atomic mass is 16.5. The molecule has 1 fully saturated rings. The molecule has 0 radical (unpaired) electrons. The van der Waals surface area contributed by atoms with Crippen LogP contribution >= 0.6 is 0 Å². The molecule has 1 unspecified atom stereocenters. The summed E-state index contributed by atoms with van der Waals surface area (Å²) in [4.78, 5) is 18.8. The van der Waals surface area contributed by atoms with Gasteiger partial charge < -0.3 is 10.1 Å². The molecule has 3 heterocycles. The summed E-state index contributed by atoms with van der Waals surface area (Å²) >= 11 is 0. The molecule has 8 nitrogen and oxygen atoms in total. The van der Waals surface area contributed by atoms with Gasteiger partial charge in [0.15, 0.2) is 0 Å². The van der Waals surface area contributed by atoms with Crippen molar-refractivity contribution in [2.24, 2.45) is 7.05 Å². The number of pyridine rings is 1. The Bertz CT molecular complexity index is 970. The highest BCUT2D eigenvalue weighted by Crippen LogP contribution is 2.24. The second-order valence-corrected chi connectivity index (χ2v) is 6.87. The highest BCUT2D eigenvalue weighted by molar-refractivity contribution is 5.94. The van der Waals surface area contributed by atoms with Crippen LogP contribution in [-0.4, -0.2) is 63.1 Å². The van der Waals surface area contributed by atoms with Crippen LogP contribution in [0.1, 0.15) is 6.92 Å². The standard InChI is InChI=1S/C19H22N6O2/c1-13-10-25(5-6-27-13)12-19(26)21-18-8-16-7-14(3-4-15(16)9-20-18)17-11-24(2)23-22-17/h3-4,7-9,11,13H,5-6,10,12H2,1-2H3,(H,20,21,26). The molecule has 140 valence electrons. The lowest BCUT2D eigenvalue weighted by Gasteiger charge is -2.30. The summed E-state index contributed by atoms with van der Waals surface area (Å²) < 4.78 is 7.18. The predicted molar refractivity (Wildman–Crippen MR) is 102 cm³/mol. The Kier molecular flexibility index (Phi) is 4.83. The van der Waals surface area contributed by atoms with Gasteiger partial charge in [-0.3, -0.25) is 14.4 Å². The summed E-state index contributed by atoms with van der Waals surface area (Å²) in [5.41, 5.74) is 1.78. The molecule has 1 aliphatic heterocycles. The molecule has 8 heteroatoms. The first-order valence-electron chi connectivity index (χ1n) is 8.97. The van der Waals surface area contributed by atoms with Gasteiger partial charge in [0.1, 0.15) is 11.5 Å². The molecule has 1 saturated heterocycles. The molecule has 0 aliphatic carbocycles. The van der Waals surface area contributed by atoms with Crippen molar-refractivity contribution in [2.45, 2.75) is 13.0 Å². The van der Waals surface area contributed by atoms with Crippen LogP contribution in [0, 0.1) is 0 Å². The Morgan fingerprint density at radius 2 is 2.22 bits per heavy atom. The summed E-state index contributed by atoms with van der Waals surface area (Å²) in [5.74, 6) is 0.478. The summed E-state index contributed by atoms with van der Waals surface area (Å²) in [7, 11) is 1.84. The maximum absolute atomic E-state index is 12.4. The van der Waals surface area contributed by atoms with Crippen LogP contribution in [0.25, 0.3) is 22.0 Å². The van der Waals surface area contributed by atoms with Gasteiger partial charge in [-0.1, -0.05) is 17.3 Å². The van der Waals surface area contributed by atoms with Gasteiger partial charge in [-0.2, -0.15) is 0 Å². The van der Waals surface area contributed by atoms with Crippen LogP contribution in [0.3, 0.4) is 0 Å². The number of aromatic nitrogens is 4. The van der Waals surface area contributed by atoms with Gasteiger partial charge in [0.05, 0.1) is 25.5 Å². The first kappa shape index (κ1) is 17.6. The first-order valence-corrected chi connectivity index (χ1v) is 8.97. The van der Waals surface area contributed by atoms with E-state index in [-0.39, 0.29) is 12.0 Å². The number of hydrogen-bond donors (Lipinski definition) is 1. The SMILES string of the molecule is CC1CN(CC(=O)Nc2cc3cc(-c4cn(C)nn4)ccc3cn2)CCO1. The van der Waals surface area contributed by atoms with Gasteiger partial charge in [-0.15, -0.1) is 5.10 Å². The topological polar surface area (TPSA) is 85.2 Å². The van der Waals surface area contributed by atoms with Gasteiger partial charge in [0, 0.05) is 37.3 Å². The quantitative estimate of drug-likeness (QED) is 0.756. The number of morpholine rings is 1. The lowest BCUT2D eigenvalue weighted by atomic mass is 10.1. The van der Waals surface area contributed by atoms with Gasteiger partial charge >= 0.3 is 0 Å². The highest BCUT2D eigenvalue weighted by Gasteiger charge is 2.19. The van der Waals surface area contributed by atoms with Crippen molar-refractivity contribution in [3.8, 4) is 11.3 Å². The second kappa shape index (κ2) is 7.42. The fourth-order valence-electron chi connectivity index (χ4n) is 3.27. The van der Waals surface area contributed by atoms with E-state index in [1.165, 1.54) is 0 Å². The minimum atomic E-state index is -0.0685. The molecule has 1 amide bonds. The zero-order valence-electron chi connectivity index (χ0n) is 15.4. The van der Waals surface area contributed by atoms with Crippen molar-refractivity contribution in [3.05, 3.63) is 36.7 Å². The third kappa shape index (κ3) is 4.12. The second-order valence-electron chi connectivity index (χ2n) is 6.87. The van der Waals surface area contributed by atoms with Crippen molar-refractivity contribution in [3.63, 3.8) is 0 Å². The third-order valence-corrected chi connectivity index (χ3v) is 4.58. The van der Waals surface area contributed by atoms with E-state index >= 15 is 0 Å². The van der Waals surface area contributed by atoms with Crippen LogP contribution < -0.4 is 5.32 Å². The number of carbonyl (C=O) groups excluding carboxylic acids is 1. The summed E-state index contributed by atoms with van der Waals surface area (Å²) in [6.45, 7) is 4.55. The Balaban J connectivity index is 1.49. The molecular weight excluding hydrogens is 344 g/mol. The van der Waals surface area contributed by atoms with E-state index in [4.69, 9.17) is 4.74 Å². The maximum atomic E-state index is 12.4. The van der Waals surface area contributed by atoms with Crippen molar-refractivity contribution < 1.29 is 9.53 Å². The van der Waals surface area contributed by atoms with E-state index in [1.807, 2.05) is 44.4 Å². The molecule has 1 atom stereocenters. The van der Waals surface area contributed by atoms with Crippen molar-refractivity contribution in [1.29, 1.82) is 0 Å². The molecular formula is C19H22N6O2. The van der Waals surface area contributed by atoms with E-state index in [0.717, 1.165) is 35.1 Å². The predicted octanol–water partition coefficient (Wildman–Crippen LogP) is 1.69. The molecule has 0 spiro atoms. The van der Waals surface area contributed by atoms with E-state index in [2.05, 4.69) is 25.5 Å². The molecule has 3 aromatic rings. The van der Waals surface area contributed by atoms with E-state index in [0.29, 0.717) is 19.0 Å². The number of rotatable bonds is 4. The fraction of sp³-hybridized carbons (Fsp3) is 0.368. The number of aryl methyl sites for hydroxylation is 1. The number of nitrogens with zero attached hydrogens (tertiary/aromatic N) is 5. The molecule has 1 aliphatic rings. The molecule has 0 bridgehead atoms. The average molecular weight is 366 g/mol. The van der Waals surface area contributed by atoms with Crippen LogP contribution in [0.2, 0.25) is 0 Å². The van der Waals surface area contributed by atoms with Gasteiger partial charge in [0.25, 0.3) is 0 Å². The lowest BCUT2D eigenvalue weighted by molar-refractivity contribution is -0.119. The van der Waals surface area contributed by atoms with Gasteiger partial charge in [-0.25, -0.2) is 4.98 Å². The summed E-state index contributed by atoms with van der Waals surface area (Å²) in [6.07, 6.45) is 3.79. The Labute approximate surface area is 157 Å². The van der Waals surface area contributed by atoms with Crippen LogP contribution in [0.5, 0.6) is 0 Å². The van der Waals surface area contributed by atoms with Crippen molar-refractivity contribution >= 4 is 22.5 Å². The van der Waals surface area contributed by atoms with Crippen LogP contribution in [0.15, 0.2) is 36.7 Å². The molecule has 1 aromatic carbocycles. The van der Waals surface area contributed by atoms with E-state index in [9.17, 15) is 4.79 Å². The minimum Gasteiger partial charge on any atom is -0.376 e. The number of fused-ring (bicyclic) bond motifs is 1. The first-order chi connectivity index (χ1) is 13.1. The normalized spacial score (nSPS) is 17.9. The Morgan fingerprint density at radius 3 is 3.00 bits per heavy atom. The van der Waals surface area contributed by atoms with Gasteiger partial charge in [0.2, 0.25) is 5.91 Å². The fourth-order valence-corrected chi connectivity index (χ4v) is 3.27. The summed E-state index contributed by atoms with van der Waals surface area (Å²) in [6, 6.07) is 7.90. The maximum Gasteiger partial charge on any atom is 0.239 e. The number of benzene rings is 1. The Morgan fingerprint density at radius 1 is 1.33 bits per heavy atom. The number of ether oxygens (including phenoxy) is 1. The number of hydrogen-bond acceptors (Lipinski definition) is 6. The van der Waals surface area contributed by atoms with E-state index < -0.39 is 0 Å². The number of nitrogens with one attached hydrogen (secondary N) is 1. The van der Waals surface area contributed by atoms with Crippen molar-refractivity contribution in [1.82, 2.24) is 24.9 Å². The van der Waals surface area contributed by atoms with Crippen LogP contribution in [0.4, 0.5) is 5.82 Å².